The van der Waals surface area contributed by atoms with E-state index < -0.39 is 0 Å². The number of rotatable bonds is 3. The quantitative estimate of drug-likeness (QED) is 0.215. The van der Waals surface area contributed by atoms with Gasteiger partial charge in [-0.1, -0.05) is 109 Å². The van der Waals surface area contributed by atoms with Crippen LogP contribution in [0.5, 0.6) is 0 Å². The Labute approximate surface area is 307 Å². The molecule has 3 atom stereocenters. The summed E-state index contributed by atoms with van der Waals surface area (Å²) in [5.41, 5.74) is 14.2. The largest absolute Gasteiger partial charge is 0.348 e. The van der Waals surface area contributed by atoms with E-state index in [1.54, 1.807) is 16.7 Å². The highest BCUT2D eigenvalue weighted by molar-refractivity contribution is 6.22. The van der Waals surface area contributed by atoms with Crippen LogP contribution in [0, 0.1) is 0 Å². The summed E-state index contributed by atoms with van der Waals surface area (Å²) in [6.45, 7) is 0. The molecule has 1 aromatic heterocycles. The van der Waals surface area contributed by atoms with Crippen molar-refractivity contribution < 1.29 is 0 Å². The highest BCUT2D eigenvalue weighted by Gasteiger charge is 2.52. The van der Waals surface area contributed by atoms with Crippen LogP contribution in [0.25, 0.3) is 32.6 Å². The van der Waals surface area contributed by atoms with Crippen LogP contribution >= 0.6 is 0 Å². The van der Waals surface area contributed by atoms with E-state index >= 15 is 0 Å². The van der Waals surface area contributed by atoms with Crippen LogP contribution in [0.1, 0.15) is 101 Å². The third kappa shape index (κ3) is 4.35. The summed E-state index contributed by atoms with van der Waals surface area (Å²) in [6, 6.07) is 19.2. The maximum atomic E-state index is 5.61. The molecular formula is C49H47N3. The second-order valence-electron chi connectivity index (χ2n) is 16.0. The zero-order valence-corrected chi connectivity index (χ0v) is 30.1. The maximum Gasteiger partial charge on any atom is 0.209 e. The highest BCUT2D eigenvalue weighted by atomic mass is 15.2. The molecule has 1 N–H and O–H groups in total. The normalized spacial score (nSPS) is 26.7. The van der Waals surface area contributed by atoms with Gasteiger partial charge in [-0.05, 0) is 123 Å². The number of hydrogen-bond acceptors (Lipinski definition) is 2. The minimum Gasteiger partial charge on any atom is -0.348 e. The van der Waals surface area contributed by atoms with Crippen molar-refractivity contribution in [1.29, 1.82) is 0 Å². The molecule has 0 saturated carbocycles. The Hall–Kier alpha value is -4.89. The Bertz CT molecular complexity index is 2480. The van der Waals surface area contributed by atoms with E-state index in [9.17, 15) is 0 Å². The second kappa shape index (κ2) is 12.1. The number of para-hydroxylation sites is 1. The zero-order valence-electron chi connectivity index (χ0n) is 30.1. The molecule has 3 heteroatoms. The van der Waals surface area contributed by atoms with Crippen molar-refractivity contribution in [3.05, 3.63) is 154 Å². The fourth-order valence-electron chi connectivity index (χ4n) is 11.2. The molecule has 0 spiro atoms. The molecule has 52 heavy (non-hydrogen) atoms. The van der Waals surface area contributed by atoms with Crippen molar-refractivity contribution in [3.8, 4) is 0 Å². The van der Waals surface area contributed by atoms with Crippen molar-refractivity contribution in [1.82, 2.24) is 9.88 Å². The molecule has 0 bridgehead atoms. The van der Waals surface area contributed by atoms with E-state index in [1.807, 2.05) is 0 Å². The van der Waals surface area contributed by atoms with E-state index in [0.717, 1.165) is 57.3 Å². The molecule has 0 saturated heterocycles. The molecule has 4 aromatic rings. The predicted molar refractivity (Wildman–Crippen MR) is 218 cm³/mol. The first-order valence-electron chi connectivity index (χ1n) is 20.2. The van der Waals surface area contributed by atoms with Crippen molar-refractivity contribution in [2.75, 3.05) is 0 Å². The second-order valence-corrected chi connectivity index (χ2v) is 16.0. The number of hydrogen-bond donors (Lipinski definition) is 1. The summed E-state index contributed by atoms with van der Waals surface area (Å²) in [6.07, 6.45) is 39.6. The summed E-state index contributed by atoms with van der Waals surface area (Å²) >= 11 is 0. The molecule has 3 aromatic carbocycles. The lowest BCUT2D eigenvalue weighted by Gasteiger charge is -2.40. The standard InChI is InChI=1S/C49H47N3/c1-4-16-32(17-5-1)46-40-24-11-14-26-43(40)50-48(51-46)52-44-27-15-12-22-35(44)37-29-28-36-38(47(37)52)30-31-42-45(36)39-23-10-13-25-41(39)49(42,33-18-6-2-7-19-33)34-20-8-3-9-21-34/h2,6,8,11-12,15-16,18,20-22,24-25,27-31,39,43H,1,3-5,7,9-10,13-14,17,19,23,26H2,(H,50,51). The fourth-order valence-corrected chi connectivity index (χ4v) is 11.2. The molecule has 2 heterocycles. The first-order valence-corrected chi connectivity index (χ1v) is 20.2. The van der Waals surface area contributed by atoms with E-state index in [1.165, 1.54) is 92.7 Å². The molecule has 1 aliphatic heterocycles. The Morgan fingerprint density at radius 2 is 1.60 bits per heavy atom. The van der Waals surface area contributed by atoms with Gasteiger partial charge in [0.1, 0.15) is 0 Å². The average Bonchev–Trinajstić information content (AvgIpc) is 3.73. The summed E-state index contributed by atoms with van der Waals surface area (Å²) < 4.78 is 2.50. The van der Waals surface area contributed by atoms with Gasteiger partial charge in [-0.15, -0.1) is 0 Å². The van der Waals surface area contributed by atoms with E-state index in [2.05, 4.69) is 119 Å². The Balaban J connectivity index is 1.20. The number of nitrogens with zero attached hydrogens (tertiary/aromatic N) is 2. The molecular weight excluding hydrogens is 631 g/mol. The van der Waals surface area contributed by atoms with Gasteiger partial charge < -0.3 is 5.32 Å². The molecule has 6 aliphatic carbocycles. The highest BCUT2D eigenvalue weighted by Crippen LogP contribution is 2.63. The molecule has 0 radical (unpaired) electrons. The van der Waals surface area contributed by atoms with Crippen LogP contribution in [0.2, 0.25) is 0 Å². The number of nitrogens with one attached hydrogen (secondary N) is 1. The lowest BCUT2D eigenvalue weighted by Crippen LogP contribution is -2.43. The molecule has 11 rings (SSSR count). The van der Waals surface area contributed by atoms with E-state index in [4.69, 9.17) is 4.99 Å². The molecule has 0 fully saturated rings. The molecule has 3 nitrogen and oxygen atoms in total. The van der Waals surface area contributed by atoms with E-state index in [0.29, 0.717) is 5.92 Å². The van der Waals surface area contributed by atoms with Crippen LogP contribution in [0.15, 0.2) is 148 Å². The van der Waals surface area contributed by atoms with Crippen LogP contribution < -0.4 is 5.32 Å². The average molecular weight is 678 g/mol. The van der Waals surface area contributed by atoms with Crippen molar-refractivity contribution in [2.45, 2.75) is 101 Å². The first-order chi connectivity index (χ1) is 25.8. The Morgan fingerprint density at radius 1 is 0.712 bits per heavy atom. The summed E-state index contributed by atoms with van der Waals surface area (Å²) in [5, 5.41) is 9.39. The lowest BCUT2D eigenvalue weighted by molar-refractivity contribution is 0.575. The number of aromatic nitrogens is 1. The van der Waals surface area contributed by atoms with Gasteiger partial charge in [0.2, 0.25) is 5.96 Å². The van der Waals surface area contributed by atoms with Gasteiger partial charge in [0.15, 0.2) is 0 Å². The van der Waals surface area contributed by atoms with Crippen LogP contribution in [-0.2, 0) is 5.41 Å². The summed E-state index contributed by atoms with van der Waals surface area (Å²) in [5.74, 6) is 1.41. The molecule has 7 aliphatic rings. The topological polar surface area (TPSA) is 29.3 Å². The van der Waals surface area contributed by atoms with Crippen molar-refractivity contribution >= 4 is 38.5 Å². The van der Waals surface area contributed by atoms with Crippen molar-refractivity contribution in [2.24, 2.45) is 4.99 Å². The van der Waals surface area contributed by atoms with Gasteiger partial charge >= 0.3 is 0 Å². The van der Waals surface area contributed by atoms with Gasteiger partial charge in [0.05, 0.1) is 28.2 Å². The molecule has 258 valence electrons. The van der Waals surface area contributed by atoms with Gasteiger partial charge in [0.25, 0.3) is 0 Å². The Morgan fingerprint density at radius 3 is 2.48 bits per heavy atom. The number of fused-ring (bicyclic) bond motifs is 10. The Kier molecular flexibility index (Phi) is 7.14. The number of allylic oxidation sites excluding steroid dienone is 13. The third-order valence-corrected chi connectivity index (χ3v) is 13.3. The number of aliphatic imine (C=N–C) groups is 1. The fraction of sp³-hybridized carbons (Fsp3) is 0.327. The van der Waals surface area contributed by atoms with Gasteiger partial charge in [-0.25, -0.2) is 4.99 Å². The minimum absolute atomic E-state index is 0.175. The maximum absolute atomic E-state index is 5.61. The molecule has 3 unspecified atom stereocenters. The zero-order chi connectivity index (χ0) is 34.2. The summed E-state index contributed by atoms with van der Waals surface area (Å²) in [4.78, 5) is 5.61. The molecule has 0 amide bonds. The van der Waals surface area contributed by atoms with Crippen molar-refractivity contribution in [3.63, 3.8) is 0 Å². The third-order valence-electron chi connectivity index (χ3n) is 13.3. The summed E-state index contributed by atoms with van der Waals surface area (Å²) in [7, 11) is 0. The van der Waals surface area contributed by atoms with Crippen LogP contribution in [-0.4, -0.2) is 16.6 Å². The van der Waals surface area contributed by atoms with Gasteiger partial charge in [0, 0.05) is 27.6 Å². The monoisotopic (exact) mass is 677 g/mol. The first kappa shape index (κ1) is 30.7. The SMILES string of the molecule is C1=CCCC(C2(C3=CCCC=C3)C3=CCCCC3c3c2ccc2c3ccc3c4ccccc4n(C4=NC(C5=CCCCC5)=C5C=CCCC5N4)c23)=C1. The van der Waals surface area contributed by atoms with E-state index in [-0.39, 0.29) is 11.5 Å². The number of benzene rings is 3. The van der Waals surface area contributed by atoms with Crippen LogP contribution in [0.4, 0.5) is 0 Å². The lowest BCUT2D eigenvalue weighted by atomic mass is 9.62. The van der Waals surface area contributed by atoms with Gasteiger partial charge in [-0.3, -0.25) is 4.57 Å². The van der Waals surface area contributed by atoms with Gasteiger partial charge in [-0.2, -0.15) is 0 Å². The predicted octanol–water partition coefficient (Wildman–Crippen LogP) is 12.2. The minimum atomic E-state index is -0.175. The van der Waals surface area contributed by atoms with Crippen LogP contribution in [0.3, 0.4) is 0 Å². The smallest absolute Gasteiger partial charge is 0.209 e.